The molecule has 0 radical (unpaired) electrons. The molecule has 0 amide bonds. The van der Waals surface area contributed by atoms with Crippen molar-refractivity contribution in [3.8, 4) is 22.6 Å². The first-order valence-corrected chi connectivity index (χ1v) is 10.6. The van der Waals surface area contributed by atoms with Crippen molar-refractivity contribution < 1.29 is 9.30 Å². The predicted molar refractivity (Wildman–Crippen MR) is 125 cm³/mol. The maximum Gasteiger partial charge on any atom is 0.373 e. The monoisotopic (exact) mass is 428 g/mol. The lowest BCUT2D eigenvalue weighted by Gasteiger charge is -2.18. The van der Waals surface area contributed by atoms with E-state index in [1.165, 1.54) is 0 Å². The largest absolute Gasteiger partial charge is 0.497 e. The van der Waals surface area contributed by atoms with Gasteiger partial charge < -0.3 is 4.74 Å². The number of ether oxygens (including phenoxy) is 1. The van der Waals surface area contributed by atoms with E-state index in [0.717, 1.165) is 28.6 Å². The van der Waals surface area contributed by atoms with Gasteiger partial charge in [-0.1, -0.05) is 48.5 Å². The summed E-state index contributed by atoms with van der Waals surface area (Å²) in [7, 11) is 1.65. The summed E-state index contributed by atoms with van der Waals surface area (Å²) in [5, 5.41) is 0.607. The van der Waals surface area contributed by atoms with Crippen LogP contribution in [0.1, 0.15) is 0 Å². The SMILES string of the molecule is COc1ccc(-[n+]2c(S)c(-c3ccccc3)c(=O)n3c2N(c2ccccc2)CC3)cc1. The number of rotatable bonds is 4. The fourth-order valence-corrected chi connectivity index (χ4v) is 4.53. The van der Waals surface area contributed by atoms with Crippen molar-refractivity contribution in [3.05, 3.63) is 95.3 Å². The number of para-hydroxylation sites is 1. The van der Waals surface area contributed by atoms with E-state index in [1.807, 2.05) is 81.9 Å². The zero-order chi connectivity index (χ0) is 21.4. The molecule has 0 saturated heterocycles. The number of benzene rings is 3. The Morgan fingerprint density at radius 2 is 1.52 bits per heavy atom. The summed E-state index contributed by atoms with van der Waals surface area (Å²) in [6.07, 6.45) is 0. The van der Waals surface area contributed by atoms with Crippen LogP contribution in [0.15, 0.2) is 94.7 Å². The van der Waals surface area contributed by atoms with Crippen LogP contribution < -0.4 is 19.8 Å². The molecule has 6 heteroatoms. The van der Waals surface area contributed by atoms with Gasteiger partial charge in [0.15, 0.2) is 5.03 Å². The average Bonchev–Trinajstić information content (AvgIpc) is 3.26. The predicted octanol–water partition coefficient (Wildman–Crippen LogP) is 4.24. The van der Waals surface area contributed by atoms with Crippen molar-refractivity contribution in [2.24, 2.45) is 0 Å². The van der Waals surface area contributed by atoms with Crippen LogP contribution in [0.2, 0.25) is 0 Å². The number of fused-ring (bicyclic) bond motifs is 1. The van der Waals surface area contributed by atoms with Crippen LogP contribution in [0.4, 0.5) is 11.6 Å². The molecule has 0 unspecified atom stereocenters. The molecule has 2 heterocycles. The normalized spacial score (nSPS) is 12.6. The zero-order valence-corrected chi connectivity index (χ0v) is 18.0. The third-order valence-electron chi connectivity index (χ3n) is 5.59. The van der Waals surface area contributed by atoms with Gasteiger partial charge in [0.2, 0.25) is 0 Å². The average molecular weight is 429 g/mol. The number of anilines is 2. The number of aromatic nitrogens is 2. The number of methoxy groups -OCH3 is 1. The van der Waals surface area contributed by atoms with E-state index in [-0.39, 0.29) is 5.56 Å². The summed E-state index contributed by atoms with van der Waals surface area (Å²) in [6.45, 7) is 1.31. The van der Waals surface area contributed by atoms with Crippen molar-refractivity contribution in [2.45, 2.75) is 11.6 Å². The van der Waals surface area contributed by atoms with E-state index < -0.39 is 0 Å². The first kappa shape index (κ1) is 19.5. The van der Waals surface area contributed by atoms with Crippen LogP contribution >= 0.6 is 12.6 Å². The second kappa shape index (κ2) is 7.96. The van der Waals surface area contributed by atoms with Gasteiger partial charge in [-0.3, -0.25) is 4.79 Å². The quantitative estimate of drug-likeness (QED) is 0.300. The third kappa shape index (κ3) is 3.29. The Kier molecular flexibility index (Phi) is 5.00. The summed E-state index contributed by atoms with van der Waals surface area (Å²) < 4.78 is 9.23. The number of hydrogen-bond acceptors (Lipinski definition) is 4. The van der Waals surface area contributed by atoms with Crippen LogP contribution in [0.3, 0.4) is 0 Å². The minimum absolute atomic E-state index is 0.0330. The first-order valence-electron chi connectivity index (χ1n) is 10.1. The summed E-state index contributed by atoms with van der Waals surface area (Å²) in [4.78, 5) is 15.8. The molecule has 5 rings (SSSR count). The van der Waals surface area contributed by atoms with Gasteiger partial charge in [0.25, 0.3) is 0 Å². The maximum atomic E-state index is 13.6. The second-order valence-corrected chi connectivity index (χ2v) is 7.77. The molecule has 31 heavy (non-hydrogen) atoms. The van der Waals surface area contributed by atoms with Gasteiger partial charge >= 0.3 is 11.5 Å². The van der Waals surface area contributed by atoms with E-state index in [0.29, 0.717) is 23.7 Å². The fourth-order valence-electron chi connectivity index (χ4n) is 4.10. The van der Waals surface area contributed by atoms with E-state index in [4.69, 9.17) is 17.4 Å². The molecule has 1 aliphatic heterocycles. The molecule has 5 nitrogen and oxygen atoms in total. The molecule has 1 aromatic heterocycles. The molecular weight excluding hydrogens is 406 g/mol. The second-order valence-electron chi connectivity index (χ2n) is 7.34. The van der Waals surface area contributed by atoms with Gasteiger partial charge in [-0.2, -0.15) is 9.13 Å². The van der Waals surface area contributed by atoms with Gasteiger partial charge in [0, 0.05) is 0 Å². The van der Waals surface area contributed by atoms with Crippen molar-refractivity contribution in [1.29, 1.82) is 0 Å². The van der Waals surface area contributed by atoms with E-state index >= 15 is 0 Å². The lowest BCUT2D eigenvalue weighted by atomic mass is 10.1. The highest BCUT2D eigenvalue weighted by Gasteiger charge is 2.37. The molecule has 0 N–H and O–H groups in total. The maximum absolute atomic E-state index is 13.6. The van der Waals surface area contributed by atoms with Gasteiger partial charge in [-0.15, -0.1) is 12.6 Å². The molecule has 3 aromatic carbocycles. The lowest BCUT2D eigenvalue weighted by molar-refractivity contribution is -0.625. The Balaban J connectivity index is 1.82. The summed E-state index contributed by atoms with van der Waals surface area (Å²) in [5.74, 6) is 1.57. The minimum Gasteiger partial charge on any atom is -0.497 e. The minimum atomic E-state index is -0.0330. The molecule has 4 aromatic rings. The Morgan fingerprint density at radius 3 is 2.16 bits per heavy atom. The summed E-state index contributed by atoms with van der Waals surface area (Å²) in [6, 6.07) is 27.7. The Hall–Kier alpha value is -3.51. The van der Waals surface area contributed by atoms with Crippen LogP contribution in [-0.2, 0) is 6.54 Å². The first-order chi connectivity index (χ1) is 15.2. The molecule has 0 fully saturated rings. The highest BCUT2D eigenvalue weighted by molar-refractivity contribution is 7.80. The third-order valence-corrected chi connectivity index (χ3v) is 6.01. The number of thiol groups is 1. The van der Waals surface area contributed by atoms with E-state index in [2.05, 4.69) is 17.0 Å². The van der Waals surface area contributed by atoms with Gasteiger partial charge in [0.05, 0.1) is 7.11 Å². The number of nitrogens with zero attached hydrogens (tertiary/aromatic N) is 3. The topological polar surface area (TPSA) is 38.4 Å². The van der Waals surface area contributed by atoms with Crippen LogP contribution in [-0.4, -0.2) is 18.2 Å². The summed E-state index contributed by atoms with van der Waals surface area (Å²) in [5.41, 5.74) is 3.37. The fraction of sp³-hybridized carbons (Fsp3) is 0.120. The molecule has 0 aliphatic carbocycles. The van der Waals surface area contributed by atoms with Crippen molar-refractivity contribution in [1.82, 2.24) is 4.57 Å². The molecular formula is C25H22N3O2S+. The highest BCUT2D eigenvalue weighted by Crippen LogP contribution is 2.31. The zero-order valence-electron chi connectivity index (χ0n) is 17.1. The van der Waals surface area contributed by atoms with Crippen LogP contribution in [0.5, 0.6) is 5.75 Å². The van der Waals surface area contributed by atoms with Crippen LogP contribution in [0, 0.1) is 0 Å². The van der Waals surface area contributed by atoms with Crippen LogP contribution in [0.25, 0.3) is 16.8 Å². The molecule has 0 bridgehead atoms. The Morgan fingerprint density at radius 1 is 0.871 bits per heavy atom. The Bertz CT molecular complexity index is 1290. The Labute approximate surface area is 186 Å². The van der Waals surface area contributed by atoms with Crippen molar-refractivity contribution in [2.75, 3.05) is 18.6 Å². The highest BCUT2D eigenvalue weighted by atomic mass is 32.1. The van der Waals surface area contributed by atoms with E-state index in [9.17, 15) is 4.79 Å². The molecule has 0 atom stereocenters. The van der Waals surface area contributed by atoms with Crippen molar-refractivity contribution in [3.63, 3.8) is 0 Å². The molecule has 154 valence electrons. The molecule has 0 spiro atoms. The number of hydrogen-bond donors (Lipinski definition) is 1. The standard InChI is InChI=1S/C25H21N3O2S/c1-30-21-14-12-20(13-15-21)28-24(31)22(18-8-4-2-5-9-18)23(29)27-17-16-26(25(27)28)19-10-6-3-7-11-19/h2-15H,16-17H2,1H3/p+1. The van der Waals surface area contributed by atoms with Gasteiger partial charge in [0.1, 0.15) is 35.8 Å². The smallest absolute Gasteiger partial charge is 0.373 e. The summed E-state index contributed by atoms with van der Waals surface area (Å²) >= 11 is 4.90. The van der Waals surface area contributed by atoms with Crippen molar-refractivity contribution >= 4 is 24.3 Å². The molecule has 1 aliphatic rings. The van der Waals surface area contributed by atoms with E-state index in [1.54, 1.807) is 7.11 Å². The van der Waals surface area contributed by atoms with Gasteiger partial charge in [-0.25, -0.2) is 4.90 Å². The lowest BCUT2D eigenvalue weighted by Crippen LogP contribution is -2.44. The van der Waals surface area contributed by atoms with Gasteiger partial charge in [-0.05, 0) is 42.0 Å². The molecule has 0 saturated carbocycles.